The van der Waals surface area contributed by atoms with Gasteiger partial charge in [0.25, 0.3) is 0 Å². The molecule has 2 aromatic carbocycles. The van der Waals surface area contributed by atoms with Crippen molar-refractivity contribution in [2.24, 2.45) is 0 Å². The largest absolute Gasteiger partial charge is 0.490 e. The highest BCUT2D eigenvalue weighted by Crippen LogP contribution is 2.29. The minimum Gasteiger partial charge on any atom is -0.490 e. The van der Waals surface area contributed by atoms with Gasteiger partial charge in [-0.1, -0.05) is 24.3 Å². The molecule has 0 saturated carbocycles. The number of aryl methyl sites for hydroxylation is 1. The molecular formula is C25H28N4O3. The molecule has 0 fully saturated rings. The quantitative estimate of drug-likeness (QED) is 0.378. The number of carbonyl (C=O) groups excluding carboxylic acids is 1. The van der Waals surface area contributed by atoms with Gasteiger partial charge >= 0.3 is 0 Å². The Morgan fingerprint density at radius 2 is 1.91 bits per heavy atom. The molecule has 0 atom stereocenters. The Hall–Kier alpha value is -3.74. The van der Waals surface area contributed by atoms with Gasteiger partial charge in [-0.2, -0.15) is 5.10 Å². The lowest BCUT2D eigenvalue weighted by atomic mass is 10.1. The van der Waals surface area contributed by atoms with Crippen LogP contribution in [-0.2, 0) is 17.8 Å². The summed E-state index contributed by atoms with van der Waals surface area (Å²) < 4.78 is 13.1. The van der Waals surface area contributed by atoms with Crippen LogP contribution in [-0.4, -0.2) is 33.9 Å². The Bertz CT molecular complexity index is 1190. The predicted octanol–water partition coefficient (Wildman–Crippen LogP) is 4.78. The molecule has 0 aliphatic heterocycles. The van der Waals surface area contributed by atoms with Gasteiger partial charge in [0.2, 0.25) is 5.91 Å². The zero-order valence-electron chi connectivity index (χ0n) is 18.4. The number of nitrogens with one attached hydrogen (secondary N) is 2. The number of para-hydroxylation sites is 1. The first-order valence-corrected chi connectivity index (χ1v) is 10.9. The Balaban J connectivity index is 1.34. The number of benzene rings is 2. The smallest absolute Gasteiger partial charge is 0.224 e. The van der Waals surface area contributed by atoms with E-state index in [0.29, 0.717) is 38.3 Å². The van der Waals surface area contributed by atoms with Crippen LogP contribution >= 0.6 is 0 Å². The molecule has 2 aromatic heterocycles. The number of ether oxygens (including phenoxy) is 2. The molecular weight excluding hydrogens is 404 g/mol. The molecule has 2 heterocycles. The van der Waals surface area contributed by atoms with Crippen LogP contribution in [0.25, 0.3) is 10.9 Å². The molecule has 0 bridgehead atoms. The second kappa shape index (κ2) is 10.0. The van der Waals surface area contributed by atoms with Crippen molar-refractivity contribution in [2.45, 2.75) is 33.2 Å². The van der Waals surface area contributed by atoms with Crippen molar-refractivity contribution in [3.63, 3.8) is 0 Å². The summed E-state index contributed by atoms with van der Waals surface area (Å²) in [7, 11) is 0. The molecule has 0 unspecified atom stereocenters. The molecule has 0 aliphatic rings. The number of H-pyrrole nitrogens is 1. The molecule has 166 valence electrons. The number of carbonyl (C=O) groups is 1. The van der Waals surface area contributed by atoms with Crippen molar-refractivity contribution in [1.82, 2.24) is 14.8 Å². The van der Waals surface area contributed by atoms with Crippen molar-refractivity contribution >= 4 is 22.5 Å². The second-order valence-electron chi connectivity index (χ2n) is 7.48. The van der Waals surface area contributed by atoms with Crippen molar-refractivity contribution in [2.75, 3.05) is 18.5 Å². The highest BCUT2D eigenvalue weighted by Gasteiger charge is 2.10. The van der Waals surface area contributed by atoms with Gasteiger partial charge in [-0.05, 0) is 49.6 Å². The van der Waals surface area contributed by atoms with E-state index in [1.165, 1.54) is 0 Å². The van der Waals surface area contributed by atoms with Crippen LogP contribution < -0.4 is 14.8 Å². The second-order valence-corrected chi connectivity index (χ2v) is 7.48. The maximum absolute atomic E-state index is 12.4. The molecule has 32 heavy (non-hydrogen) atoms. The lowest BCUT2D eigenvalue weighted by Crippen LogP contribution is -2.11. The molecule has 4 rings (SSSR count). The van der Waals surface area contributed by atoms with Crippen molar-refractivity contribution < 1.29 is 14.3 Å². The van der Waals surface area contributed by atoms with Crippen molar-refractivity contribution in [1.29, 1.82) is 0 Å². The average molecular weight is 433 g/mol. The van der Waals surface area contributed by atoms with Crippen LogP contribution in [0.2, 0.25) is 0 Å². The summed E-state index contributed by atoms with van der Waals surface area (Å²) in [6, 6.07) is 14.0. The molecule has 0 saturated heterocycles. The summed E-state index contributed by atoms with van der Waals surface area (Å²) >= 11 is 0. The Kier molecular flexibility index (Phi) is 6.75. The van der Waals surface area contributed by atoms with Gasteiger partial charge in [0, 0.05) is 29.7 Å². The molecule has 2 N–H and O–H groups in total. The van der Waals surface area contributed by atoms with Crippen LogP contribution in [0.5, 0.6) is 11.5 Å². The van der Waals surface area contributed by atoms with Gasteiger partial charge in [-0.3, -0.25) is 9.48 Å². The van der Waals surface area contributed by atoms with Gasteiger partial charge in [0.1, 0.15) is 0 Å². The third-order valence-electron chi connectivity index (χ3n) is 5.17. The van der Waals surface area contributed by atoms with Crippen LogP contribution in [0.4, 0.5) is 5.69 Å². The van der Waals surface area contributed by atoms with Gasteiger partial charge in [-0.25, -0.2) is 0 Å². The minimum absolute atomic E-state index is 0.0328. The van der Waals surface area contributed by atoms with E-state index in [9.17, 15) is 4.79 Å². The van der Waals surface area contributed by atoms with Crippen molar-refractivity contribution in [3.05, 3.63) is 72.2 Å². The number of hydrogen-bond acceptors (Lipinski definition) is 4. The van der Waals surface area contributed by atoms with E-state index in [1.807, 2.05) is 62.6 Å². The fourth-order valence-electron chi connectivity index (χ4n) is 3.71. The van der Waals surface area contributed by atoms with Crippen molar-refractivity contribution in [3.8, 4) is 11.5 Å². The average Bonchev–Trinajstić information content (AvgIpc) is 3.41. The van der Waals surface area contributed by atoms with E-state index in [1.54, 1.807) is 10.9 Å². The number of rotatable bonds is 10. The lowest BCUT2D eigenvalue weighted by molar-refractivity contribution is -0.116. The van der Waals surface area contributed by atoms with Gasteiger partial charge in [-0.15, -0.1) is 0 Å². The maximum atomic E-state index is 12.4. The Morgan fingerprint density at radius 1 is 1.09 bits per heavy atom. The first kappa shape index (κ1) is 21.5. The van der Waals surface area contributed by atoms with Crippen LogP contribution in [0.1, 0.15) is 31.4 Å². The van der Waals surface area contributed by atoms with Gasteiger partial charge in [0.15, 0.2) is 11.5 Å². The number of aromatic amines is 1. The fraction of sp³-hybridized carbons (Fsp3) is 0.280. The summed E-state index contributed by atoms with van der Waals surface area (Å²) in [5.74, 6) is 1.43. The topological polar surface area (TPSA) is 81.2 Å². The predicted molar refractivity (Wildman–Crippen MR) is 125 cm³/mol. The van der Waals surface area contributed by atoms with Gasteiger partial charge in [0.05, 0.1) is 31.6 Å². The number of hydrogen-bond donors (Lipinski definition) is 2. The van der Waals surface area contributed by atoms with E-state index in [0.717, 1.165) is 33.5 Å². The summed E-state index contributed by atoms with van der Waals surface area (Å²) in [5, 5.41) is 8.48. The van der Waals surface area contributed by atoms with E-state index in [2.05, 4.69) is 21.5 Å². The van der Waals surface area contributed by atoms with E-state index >= 15 is 0 Å². The number of fused-ring (bicyclic) bond motifs is 1. The first-order chi connectivity index (χ1) is 15.7. The number of amides is 1. The zero-order chi connectivity index (χ0) is 22.3. The number of aromatic nitrogens is 3. The Labute approximate surface area is 187 Å². The third kappa shape index (κ3) is 5.11. The molecule has 0 radical (unpaired) electrons. The minimum atomic E-state index is -0.0328. The van der Waals surface area contributed by atoms with Gasteiger partial charge < -0.3 is 19.8 Å². The SMILES string of the molecule is CCOc1ccc(Cn2cc(NC(=O)CCc3c[nH]c4ccccc34)cn2)cc1OCC. The van der Waals surface area contributed by atoms with E-state index in [-0.39, 0.29) is 5.91 Å². The number of anilines is 1. The molecule has 1 amide bonds. The maximum Gasteiger partial charge on any atom is 0.224 e. The summed E-state index contributed by atoms with van der Waals surface area (Å²) in [6.45, 7) is 5.62. The van der Waals surface area contributed by atoms with E-state index in [4.69, 9.17) is 9.47 Å². The molecule has 4 aromatic rings. The fourth-order valence-corrected chi connectivity index (χ4v) is 3.71. The highest BCUT2D eigenvalue weighted by atomic mass is 16.5. The number of nitrogens with zero attached hydrogens (tertiary/aromatic N) is 2. The molecule has 0 spiro atoms. The summed E-state index contributed by atoms with van der Waals surface area (Å²) in [5.41, 5.74) is 3.96. The monoisotopic (exact) mass is 432 g/mol. The van der Waals surface area contributed by atoms with Crippen LogP contribution in [0, 0.1) is 0 Å². The third-order valence-corrected chi connectivity index (χ3v) is 5.17. The lowest BCUT2D eigenvalue weighted by Gasteiger charge is -2.12. The molecule has 7 heteroatoms. The zero-order valence-corrected chi connectivity index (χ0v) is 18.4. The van der Waals surface area contributed by atoms with E-state index < -0.39 is 0 Å². The Morgan fingerprint density at radius 3 is 2.75 bits per heavy atom. The van der Waals surface area contributed by atoms with Crippen LogP contribution in [0.3, 0.4) is 0 Å². The molecule has 7 nitrogen and oxygen atoms in total. The summed E-state index contributed by atoms with van der Waals surface area (Å²) in [4.78, 5) is 15.7. The summed E-state index contributed by atoms with van der Waals surface area (Å²) in [6.07, 6.45) is 6.56. The first-order valence-electron chi connectivity index (χ1n) is 10.9. The van der Waals surface area contributed by atoms with Crippen LogP contribution in [0.15, 0.2) is 61.1 Å². The normalized spacial score (nSPS) is 10.9. The highest BCUT2D eigenvalue weighted by molar-refractivity contribution is 5.91. The standard InChI is InChI=1S/C25H28N4O3/c1-3-31-23-11-9-18(13-24(23)32-4-2)16-29-17-20(15-27-29)28-25(30)12-10-19-14-26-22-8-6-5-7-21(19)22/h5-9,11,13-15,17,26H,3-4,10,12,16H2,1-2H3,(H,28,30). The molecule has 0 aliphatic carbocycles.